The first-order valence-corrected chi connectivity index (χ1v) is 5.06. The summed E-state index contributed by atoms with van der Waals surface area (Å²) < 4.78 is 5.30. The van der Waals surface area contributed by atoms with Gasteiger partial charge >= 0.3 is 0 Å². The van der Waals surface area contributed by atoms with Crippen LogP contribution in [0.25, 0.3) is 0 Å². The van der Waals surface area contributed by atoms with E-state index in [-0.39, 0.29) is 11.3 Å². The molecule has 4 heteroatoms. The monoisotopic (exact) mass is 222 g/mol. The number of oxime groups is 1. The maximum Gasteiger partial charge on any atom is 0.170 e. The maximum absolute atomic E-state index is 8.64. The van der Waals surface area contributed by atoms with E-state index in [9.17, 15) is 0 Å². The predicted octanol–water partition coefficient (Wildman–Crippen LogP) is 2.09. The number of rotatable bonds is 2. The molecule has 3 N–H and O–H groups in total. The van der Waals surface area contributed by atoms with E-state index < -0.39 is 0 Å². The summed E-state index contributed by atoms with van der Waals surface area (Å²) >= 11 is 0. The Bertz CT molecular complexity index is 406. The van der Waals surface area contributed by atoms with Crippen LogP contribution in [0.5, 0.6) is 5.75 Å². The van der Waals surface area contributed by atoms with Crippen molar-refractivity contribution in [1.29, 1.82) is 0 Å². The third-order valence-electron chi connectivity index (χ3n) is 2.41. The summed E-state index contributed by atoms with van der Waals surface area (Å²) in [7, 11) is 1.63. The second kappa shape index (κ2) is 4.43. The number of amidine groups is 1. The van der Waals surface area contributed by atoms with E-state index in [0.717, 1.165) is 11.3 Å². The third kappa shape index (κ3) is 2.45. The number of hydrogen-bond acceptors (Lipinski definition) is 3. The largest absolute Gasteiger partial charge is 0.496 e. The van der Waals surface area contributed by atoms with Crippen LogP contribution in [0.1, 0.15) is 31.9 Å². The fourth-order valence-electron chi connectivity index (χ4n) is 1.51. The molecule has 0 aliphatic rings. The molecule has 1 aromatic rings. The first-order valence-electron chi connectivity index (χ1n) is 5.06. The molecular formula is C12H18N2O2. The van der Waals surface area contributed by atoms with Crippen molar-refractivity contribution in [2.45, 2.75) is 26.2 Å². The van der Waals surface area contributed by atoms with Gasteiger partial charge in [-0.05, 0) is 23.6 Å². The van der Waals surface area contributed by atoms with Gasteiger partial charge in [0.05, 0.1) is 7.11 Å². The van der Waals surface area contributed by atoms with E-state index in [0.29, 0.717) is 5.56 Å². The standard InChI is InChI=1S/C12H18N2O2/c1-12(2,3)9-7-8(11(13)14-15)5-6-10(9)16-4/h5-7,15H,1-4H3,(H2,13,14). The van der Waals surface area contributed by atoms with Gasteiger partial charge in [0.1, 0.15) is 5.75 Å². The second-order valence-corrected chi connectivity index (χ2v) is 4.65. The van der Waals surface area contributed by atoms with E-state index in [1.165, 1.54) is 0 Å². The Hall–Kier alpha value is -1.71. The Morgan fingerprint density at radius 3 is 2.44 bits per heavy atom. The lowest BCUT2D eigenvalue weighted by atomic mass is 9.85. The van der Waals surface area contributed by atoms with E-state index in [1.54, 1.807) is 13.2 Å². The molecule has 0 unspecified atom stereocenters. The first kappa shape index (κ1) is 12.4. The summed E-state index contributed by atoms with van der Waals surface area (Å²) in [6.07, 6.45) is 0. The molecule has 0 aromatic heterocycles. The Morgan fingerprint density at radius 2 is 2.00 bits per heavy atom. The van der Waals surface area contributed by atoms with Crippen molar-refractivity contribution < 1.29 is 9.94 Å². The minimum absolute atomic E-state index is 0.0584. The molecule has 16 heavy (non-hydrogen) atoms. The number of methoxy groups -OCH3 is 1. The van der Waals surface area contributed by atoms with Crippen LogP contribution in [0.2, 0.25) is 0 Å². The van der Waals surface area contributed by atoms with Crippen LogP contribution in [-0.4, -0.2) is 18.2 Å². The number of benzene rings is 1. The molecule has 0 aliphatic heterocycles. The highest BCUT2D eigenvalue weighted by Crippen LogP contribution is 2.31. The SMILES string of the molecule is COc1ccc(/C(N)=N/O)cc1C(C)(C)C. The molecule has 0 spiro atoms. The van der Waals surface area contributed by atoms with Crippen LogP contribution in [0.4, 0.5) is 0 Å². The second-order valence-electron chi connectivity index (χ2n) is 4.65. The molecule has 0 bridgehead atoms. The zero-order chi connectivity index (χ0) is 12.3. The number of ether oxygens (including phenoxy) is 1. The van der Waals surface area contributed by atoms with Crippen LogP contribution in [0.15, 0.2) is 23.4 Å². The fourth-order valence-corrected chi connectivity index (χ4v) is 1.51. The van der Waals surface area contributed by atoms with Gasteiger partial charge in [-0.25, -0.2) is 0 Å². The molecule has 88 valence electrons. The molecular weight excluding hydrogens is 204 g/mol. The lowest BCUT2D eigenvalue weighted by Gasteiger charge is -2.22. The molecule has 0 atom stereocenters. The topological polar surface area (TPSA) is 67.8 Å². The minimum atomic E-state index is -0.0584. The lowest BCUT2D eigenvalue weighted by molar-refractivity contribution is 0.318. The summed E-state index contributed by atoms with van der Waals surface area (Å²) in [6, 6.07) is 5.48. The maximum atomic E-state index is 8.64. The number of nitrogens with two attached hydrogens (primary N) is 1. The van der Waals surface area contributed by atoms with Crippen molar-refractivity contribution in [3.8, 4) is 5.75 Å². The molecule has 0 saturated carbocycles. The van der Waals surface area contributed by atoms with Crippen molar-refractivity contribution in [3.63, 3.8) is 0 Å². The summed E-state index contributed by atoms with van der Waals surface area (Å²) in [5, 5.41) is 11.6. The Morgan fingerprint density at radius 1 is 1.38 bits per heavy atom. The highest BCUT2D eigenvalue weighted by atomic mass is 16.5. The average molecular weight is 222 g/mol. The van der Waals surface area contributed by atoms with Gasteiger partial charge in [0.2, 0.25) is 0 Å². The predicted molar refractivity (Wildman–Crippen MR) is 64.2 cm³/mol. The quantitative estimate of drug-likeness (QED) is 0.348. The molecule has 0 saturated heterocycles. The first-order chi connectivity index (χ1) is 7.40. The molecule has 0 amide bonds. The zero-order valence-electron chi connectivity index (χ0n) is 10.1. The van der Waals surface area contributed by atoms with E-state index in [4.69, 9.17) is 15.7 Å². The molecule has 0 fully saturated rings. The normalized spacial score (nSPS) is 12.6. The summed E-state index contributed by atoms with van der Waals surface area (Å²) in [5.41, 5.74) is 7.21. The van der Waals surface area contributed by atoms with Gasteiger partial charge in [-0.1, -0.05) is 25.9 Å². The lowest BCUT2D eigenvalue weighted by Crippen LogP contribution is -2.17. The van der Waals surface area contributed by atoms with Gasteiger partial charge in [-0.2, -0.15) is 0 Å². The Balaban J connectivity index is 3.33. The van der Waals surface area contributed by atoms with E-state index >= 15 is 0 Å². The smallest absolute Gasteiger partial charge is 0.170 e. The van der Waals surface area contributed by atoms with Crippen LogP contribution in [0, 0.1) is 0 Å². The highest BCUT2D eigenvalue weighted by Gasteiger charge is 2.19. The molecule has 1 aromatic carbocycles. The van der Waals surface area contributed by atoms with Crippen molar-refractivity contribution in [2.75, 3.05) is 7.11 Å². The minimum Gasteiger partial charge on any atom is -0.496 e. The van der Waals surface area contributed by atoms with E-state index in [1.807, 2.05) is 12.1 Å². The van der Waals surface area contributed by atoms with Crippen LogP contribution in [0.3, 0.4) is 0 Å². The fraction of sp³-hybridized carbons (Fsp3) is 0.417. The summed E-state index contributed by atoms with van der Waals surface area (Å²) in [5.74, 6) is 0.912. The number of hydrogen-bond donors (Lipinski definition) is 2. The summed E-state index contributed by atoms with van der Waals surface area (Å²) in [4.78, 5) is 0. The molecule has 4 nitrogen and oxygen atoms in total. The molecule has 0 radical (unpaired) electrons. The van der Waals surface area contributed by atoms with Crippen molar-refractivity contribution in [1.82, 2.24) is 0 Å². The van der Waals surface area contributed by atoms with Crippen LogP contribution < -0.4 is 10.5 Å². The van der Waals surface area contributed by atoms with Crippen molar-refractivity contribution in [2.24, 2.45) is 10.9 Å². The summed E-state index contributed by atoms with van der Waals surface area (Å²) in [6.45, 7) is 6.25. The molecule has 0 aliphatic carbocycles. The zero-order valence-corrected chi connectivity index (χ0v) is 10.1. The van der Waals surface area contributed by atoms with E-state index in [2.05, 4.69) is 25.9 Å². The van der Waals surface area contributed by atoms with Crippen LogP contribution in [-0.2, 0) is 5.41 Å². The van der Waals surface area contributed by atoms with Crippen LogP contribution >= 0.6 is 0 Å². The number of nitrogens with zero attached hydrogens (tertiary/aromatic N) is 1. The van der Waals surface area contributed by atoms with Crippen molar-refractivity contribution in [3.05, 3.63) is 29.3 Å². The molecule has 1 rings (SSSR count). The van der Waals surface area contributed by atoms with Gasteiger partial charge in [0, 0.05) is 11.1 Å². The average Bonchev–Trinajstić information content (AvgIpc) is 2.26. The third-order valence-corrected chi connectivity index (χ3v) is 2.41. The molecule has 0 heterocycles. The van der Waals surface area contributed by atoms with Gasteiger partial charge in [0.15, 0.2) is 5.84 Å². The van der Waals surface area contributed by atoms with Crippen molar-refractivity contribution >= 4 is 5.84 Å². The highest BCUT2D eigenvalue weighted by molar-refractivity contribution is 5.97. The Labute approximate surface area is 95.7 Å². The van der Waals surface area contributed by atoms with Gasteiger partial charge in [-0.3, -0.25) is 0 Å². The van der Waals surface area contributed by atoms with Gasteiger partial charge in [-0.15, -0.1) is 0 Å². The Kier molecular flexibility index (Phi) is 3.42. The van der Waals surface area contributed by atoms with Gasteiger partial charge in [0.25, 0.3) is 0 Å². The van der Waals surface area contributed by atoms with Gasteiger partial charge < -0.3 is 15.7 Å².